The number of halogens is 1. The van der Waals surface area contributed by atoms with E-state index in [0.717, 1.165) is 29.3 Å². The quantitative estimate of drug-likeness (QED) is 0.725. The van der Waals surface area contributed by atoms with Gasteiger partial charge in [0.1, 0.15) is 0 Å². The van der Waals surface area contributed by atoms with E-state index in [1.165, 1.54) is 25.3 Å². The fourth-order valence-electron chi connectivity index (χ4n) is 5.48. The highest BCUT2D eigenvalue weighted by Gasteiger charge is 2.54. The summed E-state index contributed by atoms with van der Waals surface area (Å²) in [5, 5.41) is 0. The summed E-state index contributed by atoms with van der Waals surface area (Å²) in [6, 6.07) is 4.81. The Hall–Kier alpha value is -0.920. The number of benzene rings is 1. The van der Waals surface area contributed by atoms with Gasteiger partial charge in [0, 0.05) is 4.47 Å². The lowest BCUT2D eigenvalue weighted by Crippen LogP contribution is -2.56. The second-order valence-electron chi connectivity index (χ2n) is 8.17. The lowest BCUT2D eigenvalue weighted by atomic mass is 9.49. The van der Waals surface area contributed by atoms with Crippen molar-refractivity contribution in [3.05, 3.63) is 28.2 Å². The Balaban J connectivity index is 1.47. The summed E-state index contributed by atoms with van der Waals surface area (Å²) in [7, 11) is -3.77. The van der Waals surface area contributed by atoms with Crippen LogP contribution in [0.3, 0.4) is 0 Å². The van der Waals surface area contributed by atoms with Crippen molar-refractivity contribution >= 4 is 31.9 Å². The second-order valence-corrected chi connectivity index (χ2v) is 10.7. The standard InChI is InChI=1S/C18H23BrN2O3S/c1-11-4-15(2-3-16(11)19)25(23,24)21-20-17(22)18-8-12-5-13(9-18)7-14(6-12)10-18/h2-4,12-14,21H,5-10H2,1H3,(H,20,22). The van der Waals surface area contributed by atoms with Crippen molar-refractivity contribution < 1.29 is 13.2 Å². The minimum atomic E-state index is -3.77. The van der Waals surface area contributed by atoms with Gasteiger partial charge in [0.15, 0.2) is 0 Å². The van der Waals surface area contributed by atoms with Gasteiger partial charge in [-0.25, -0.2) is 8.42 Å². The van der Waals surface area contributed by atoms with Crippen molar-refractivity contribution in [1.82, 2.24) is 10.3 Å². The summed E-state index contributed by atoms with van der Waals surface area (Å²) in [6.07, 6.45) is 6.46. The van der Waals surface area contributed by atoms with E-state index in [-0.39, 0.29) is 16.2 Å². The zero-order valence-electron chi connectivity index (χ0n) is 14.2. The molecule has 7 heteroatoms. The maximum Gasteiger partial charge on any atom is 0.257 e. The average Bonchev–Trinajstić information content (AvgIpc) is 2.54. The van der Waals surface area contributed by atoms with Crippen LogP contribution in [-0.2, 0) is 14.8 Å². The smallest absolute Gasteiger partial charge is 0.257 e. The third-order valence-electron chi connectivity index (χ3n) is 6.26. The molecule has 136 valence electrons. The van der Waals surface area contributed by atoms with Gasteiger partial charge in [-0.1, -0.05) is 15.9 Å². The lowest BCUT2D eigenvalue weighted by molar-refractivity contribution is -0.146. The Morgan fingerprint density at radius 3 is 2.20 bits per heavy atom. The first-order chi connectivity index (χ1) is 11.8. The van der Waals surface area contributed by atoms with Gasteiger partial charge in [-0.3, -0.25) is 10.2 Å². The number of sulfonamides is 1. The minimum Gasteiger partial charge on any atom is -0.277 e. The van der Waals surface area contributed by atoms with Gasteiger partial charge in [0.05, 0.1) is 10.3 Å². The summed E-state index contributed by atoms with van der Waals surface area (Å²) < 4.78 is 25.8. The van der Waals surface area contributed by atoms with Crippen LogP contribution in [0.2, 0.25) is 0 Å². The number of carbonyl (C=O) groups excluding carboxylic acids is 1. The Bertz CT molecular complexity index is 786. The van der Waals surface area contributed by atoms with Gasteiger partial charge < -0.3 is 0 Å². The summed E-state index contributed by atoms with van der Waals surface area (Å²) >= 11 is 3.36. The maximum absolute atomic E-state index is 12.9. The predicted octanol–water partition coefficient (Wildman–Crippen LogP) is 3.28. The van der Waals surface area contributed by atoms with E-state index in [9.17, 15) is 13.2 Å². The molecule has 0 aliphatic heterocycles. The van der Waals surface area contributed by atoms with Crippen molar-refractivity contribution in [1.29, 1.82) is 0 Å². The van der Waals surface area contributed by atoms with Crippen LogP contribution in [0.25, 0.3) is 0 Å². The molecule has 5 nitrogen and oxygen atoms in total. The molecule has 0 unspecified atom stereocenters. The largest absolute Gasteiger partial charge is 0.277 e. The molecule has 0 spiro atoms. The molecule has 1 amide bonds. The molecule has 2 N–H and O–H groups in total. The van der Waals surface area contributed by atoms with Crippen molar-refractivity contribution in [2.45, 2.75) is 50.3 Å². The molecule has 0 aromatic heterocycles. The lowest BCUT2D eigenvalue weighted by Gasteiger charge is -2.55. The number of nitrogens with one attached hydrogen (secondary N) is 2. The SMILES string of the molecule is Cc1cc(S(=O)(=O)NNC(=O)C23CC4CC(CC(C4)C2)C3)ccc1Br. The molecule has 25 heavy (non-hydrogen) atoms. The fraction of sp³-hybridized carbons (Fsp3) is 0.611. The van der Waals surface area contributed by atoms with E-state index in [2.05, 4.69) is 26.2 Å². The molecule has 5 rings (SSSR count). The normalized spacial score (nSPS) is 33.4. The van der Waals surface area contributed by atoms with Gasteiger partial charge in [-0.2, -0.15) is 0 Å². The first-order valence-electron chi connectivity index (χ1n) is 8.86. The van der Waals surface area contributed by atoms with Crippen LogP contribution in [0, 0.1) is 30.1 Å². The molecule has 4 bridgehead atoms. The topological polar surface area (TPSA) is 75.3 Å². The molecule has 4 fully saturated rings. The summed E-state index contributed by atoms with van der Waals surface area (Å²) in [6.45, 7) is 1.83. The van der Waals surface area contributed by atoms with E-state index in [4.69, 9.17) is 0 Å². The van der Waals surface area contributed by atoms with E-state index in [1.807, 2.05) is 6.92 Å². The van der Waals surface area contributed by atoms with Crippen LogP contribution >= 0.6 is 15.9 Å². The first-order valence-corrected chi connectivity index (χ1v) is 11.1. The number of hydrogen-bond acceptors (Lipinski definition) is 3. The summed E-state index contributed by atoms with van der Waals surface area (Å²) in [4.78, 5) is 15.3. The highest BCUT2D eigenvalue weighted by Crippen LogP contribution is 2.60. The van der Waals surface area contributed by atoms with Crippen molar-refractivity contribution in [3.8, 4) is 0 Å². The van der Waals surface area contributed by atoms with Gasteiger partial charge >= 0.3 is 0 Å². The molecule has 1 aromatic carbocycles. The molecule has 4 aliphatic carbocycles. The van der Waals surface area contributed by atoms with Gasteiger partial charge in [-0.15, -0.1) is 4.83 Å². The maximum atomic E-state index is 12.9. The van der Waals surface area contributed by atoms with Crippen LogP contribution in [0.5, 0.6) is 0 Å². The van der Waals surface area contributed by atoms with Crippen LogP contribution in [-0.4, -0.2) is 14.3 Å². The third kappa shape index (κ3) is 3.15. The number of aryl methyl sites for hydroxylation is 1. The van der Waals surface area contributed by atoms with E-state index >= 15 is 0 Å². The predicted molar refractivity (Wildman–Crippen MR) is 97.9 cm³/mol. The molecule has 0 heterocycles. The van der Waals surface area contributed by atoms with Crippen LogP contribution in [0.4, 0.5) is 0 Å². The van der Waals surface area contributed by atoms with E-state index in [1.54, 1.807) is 12.1 Å². The van der Waals surface area contributed by atoms with Gasteiger partial charge in [0.25, 0.3) is 10.0 Å². The minimum absolute atomic E-state index is 0.149. The number of rotatable bonds is 4. The second kappa shape index (κ2) is 6.06. The molecule has 0 saturated heterocycles. The van der Waals surface area contributed by atoms with Crippen LogP contribution < -0.4 is 10.3 Å². The van der Waals surface area contributed by atoms with E-state index < -0.39 is 10.0 Å². The monoisotopic (exact) mass is 426 g/mol. The molecule has 0 atom stereocenters. The number of hydrazine groups is 1. The zero-order valence-corrected chi connectivity index (χ0v) is 16.6. The number of hydrogen-bond donors (Lipinski definition) is 2. The van der Waals surface area contributed by atoms with Crippen LogP contribution in [0.15, 0.2) is 27.6 Å². The van der Waals surface area contributed by atoms with Crippen molar-refractivity contribution in [3.63, 3.8) is 0 Å². The number of carbonyl (C=O) groups is 1. The highest BCUT2D eigenvalue weighted by atomic mass is 79.9. The molecular formula is C18H23BrN2O3S. The first kappa shape index (κ1) is 17.5. The molecular weight excluding hydrogens is 404 g/mol. The Morgan fingerprint density at radius 1 is 1.12 bits per heavy atom. The Labute approximate surface area is 157 Å². The summed E-state index contributed by atoms with van der Waals surface area (Å²) in [5.74, 6) is 1.78. The van der Waals surface area contributed by atoms with Crippen molar-refractivity contribution in [2.24, 2.45) is 23.2 Å². The molecule has 0 radical (unpaired) electrons. The fourth-order valence-corrected chi connectivity index (χ4v) is 6.65. The third-order valence-corrected chi connectivity index (χ3v) is 8.39. The Morgan fingerprint density at radius 2 is 1.68 bits per heavy atom. The van der Waals surface area contributed by atoms with Gasteiger partial charge in [-0.05, 0) is 87.0 Å². The molecule has 4 saturated carbocycles. The zero-order chi connectivity index (χ0) is 17.8. The molecule has 1 aromatic rings. The Kier molecular flexibility index (Phi) is 4.24. The average molecular weight is 427 g/mol. The highest BCUT2D eigenvalue weighted by molar-refractivity contribution is 9.10. The van der Waals surface area contributed by atoms with E-state index in [0.29, 0.717) is 17.8 Å². The van der Waals surface area contributed by atoms with Crippen LogP contribution in [0.1, 0.15) is 44.1 Å². The van der Waals surface area contributed by atoms with Crippen molar-refractivity contribution in [2.75, 3.05) is 0 Å². The number of amides is 1. The summed E-state index contributed by atoms with van der Waals surface area (Å²) in [5.41, 5.74) is 2.98. The van der Waals surface area contributed by atoms with Gasteiger partial charge in [0.2, 0.25) is 5.91 Å². The molecule has 4 aliphatic rings.